The Balaban J connectivity index is 1.89. The molecule has 27 heavy (non-hydrogen) atoms. The van der Waals surface area contributed by atoms with Crippen LogP contribution in [0, 0.1) is 13.8 Å². The van der Waals surface area contributed by atoms with Crippen molar-refractivity contribution in [2.24, 2.45) is 5.73 Å². The van der Waals surface area contributed by atoms with Crippen molar-refractivity contribution in [3.63, 3.8) is 0 Å². The van der Waals surface area contributed by atoms with Crippen LogP contribution in [-0.2, 0) is 12.6 Å². The van der Waals surface area contributed by atoms with Crippen molar-refractivity contribution in [3.05, 3.63) is 75.4 Å². The molecule has 7 heteroatoms. The minimum Gasteiger partial charge on any atom is -0.366 e. The number of nitrogens with zero attached hydrogens (tertiary/aromatic N) is 1. The average Bonchev–Trinajstić information content (AvgIpc) is 2.94. The van der Waals surface area contributed by atoms with Gasteiger partial charge in [-0.1, -0.05) is 24.3 Å². The van der Waals surface area contributed by atoms with Crippen molar-refractivity contribution >= 4 is 17.2 Å². The van der Waals surface area contributed by atoms with Crippen LogP contribution in [0.25, 0.3) is 10.4 Å². The van der Waals surface area contributed by atoms with Gasteiger partial charge in [0.25, 0.3) is 0 Å². The Morgan fingerprint density at radius 1 is 1.15 bits per heavy atom. The number of hydrogen-bond donors (Lipinski definition) is 1. The first-order valence-corrected chi connectivity index (χ1v) is 9.00. The summed E-state index contributed by atoms with van der Waals surface area (Å²) >= 11 is 1.44. The second kappa shape index (κ2) is 7.15. The highest BCUT2D eigenvalue weighted by atomic mass is 32.1. The molecular weight excluding hydrogens is 373 g/mol. The molecule has 3 rings (SSSR count). The van der Waals surface area contributed by atoms with Gasteiger partial charge in [-0.15, -0.1) is 11.3 Å². The summed E-state index contributed by atoms with van der Waals surface area (Å²) in [4.78, 5) is 16.8. The Kier molecular flexibility index (Phi) is 5.06. The van der Waals surface area contributed by atoms with Gasteiger partial charge in [0.2, 0.25) is 5.91 Å². The number of carbonyl (C=O) groups is 1. The van der Waals surface area contributed by atoms with Gasteiger partial charge >= 0.3 is 6.18 Å². The van der Waals surface area contributed by atoms with Crippen molar-refractivity contribution in [1.29, 1.82) is 0 Å². The normalized spacial score (nSPS) is 11.6. The van der Waals surface area contributed by atoms with Gasteiger partial charge in [0.05, 0.1) is 21.1 Å². The van der Waals surface area contributed by atoms with E-state index in [4.69, 9.17) is 5.73 Å². The number of rotatable bonds is 4. The van der Waals surface area contributed by atoms with Gasteiger partial charge in [0.1, 0.15) is 0 Å². The largest absolute Gasteiger partial charge is 0.416 e. The summed E-state index contributed by atoms with van der Waals surface area (Å²) in [6.07, 6.45) is -4.03. The van der Waals surface area contributed by atoms with E-state index in [1.807, 2.05) is 26.0 Å². The molecule has 0 aliphatic carbocycles. The highest BCUT2D eigenvalue weighted by Crippen LogP contribution is 2.33. The number of thiazole rings is 1. The lowest BCUT2D eigenvalue weighted by Gasteiger charge is -2.07. The minimum absolute atomic E-state index is 0.327. The van der Waals surface area contributed by atoms with Crippen LogP contribution >= 0.6 is 11.3 Å². The van der Waals surface area contributed by atoms with Gasteiger partial charge in [-0.25, -0.2) is 4.98 Å². The number of nitrogens with two attached hydrogens (primary N) is 1. The van der Waals surface area contributed by atoms with Crippen LogP contribution in [0.3, 0.4) is 0 Å². The summed E-state index contributed by atoms with van der Waals surface area (Å²) in [7, 11) is 0. The fourth-order valence-electron chi connectivity index (χ4n) is 2.91. The van der Waals surface area contributed by atoms with Gasteiger partial charge in [-0.2, -0.15) is 13.2 Å². The Hall–Kier alpha value is -2.67. The maximum absolute atomic E-state index is 12.9. The highest BCUT2D eigenvalue weighted by molar-refractivity contribution is 7.15. The molecule has 0 radical (unpaired) electrons. The zero-order chi connectivity index (χ0) is 19.8. The molecule has 0 fully saturated rings. The fraction of sp³-hybridized carbons (Fsp3) is 0.200. The third kappa shape index (κ3) is 4.19. The summed E-state index contributed by atoms with van der Waals surface area (Å²) < 4.78 is 38.6. The number of carbonyl (C=O) groups excluding carboxylic acids is 1. The summed E-state index contributed by atoms with van der Waals surface area (Å²) in [5.74, 6) is -0.481. The van der Waals surface area contributed by atoms with Gasteiger partial charge in [-0.3, -0.25) is 4.79 Å². The number of primary amides is 1. The van der Waals surface area contributed by atoms with Crippen LogP contribution < -0.4 is 5.73 Å². The van der Waals surface area contributed by atoms with Crippen LogP contribution in [0.4, 0.5) is 13.2 Å². The lowest BCUT2D eigenvalue weighted by atomic mass is 10.0. The van der Waals surface area contributed by atoms with Gasteiger partial charge < -0.3 is 5.73 Å². The summed E-state index contributed by atoms with van der Waals surface area (Å²) in [5, 5.41) is 0.735. The van der Waals surface area contributed by atoms with E-state index in [2.05, 4.69) is 4.98 Å². The van der Waals surface area contributed by atoms with E-state index in [-0.39, 0.29) is 0 Å². The molecule has 0 bridgehead atoms. The fourth-order valence-corrected chi connectivity index (χ4v) is 4.00. The molecule has 1 amide bonds. The molecule has 2 aromatic carbocycles. The van der Waals surface area contributed by atoms with Crippen molar-refractivity contribution < 1.29 is 18.0 Å². The van der Waals surface area contributed by atoms with Crippen LogP contribution in [-0.4, -0.2) is 10.9 Å². The van der Waals surface area contributed by atoms with Crippen LogP contribution in [0.2, 0.25) is 0 Å². The number of alkyl halides is 3. The topological polar surface area (TPSA) is 56.0 Å². The molecule has 1 heterocycles. The van der Waals surface area contributed by atoms with E-state index in [0.717, 1.165) is 38.8 Å². The number of halogens is 3. The molecule has 140 valence electrons. The molecule has 2 N–H and O–H groups in total. The van der Waals surface area contributed by atoms with Gasteiger partial charge in [-0.05, 0) is 48.7 Å². The number of amides is 1. The molecule has 0 aliphatic heterocycles. The summed E-state index contributed by atoms with van der Waals surface area (Å²) in [6, 6.07) is 10.6. The van der Waals surface area contributed by atoms with Gasteiger partial charge in [0.15, 0.2) is 0 Å². The zero-order valence-corrected chi connectivity index (χ0v) is 15.5. The molecule has 0 saturated carbocycles. The first kappa shape index (κ1) is 19.1. The smallest absolute Gasteiger partial charge is 0.366 e. The van der Waals surface area contributed by atoms with E-state index in [1.165, 1.54) is 17.4 Å². The van der Waals surface area contributed by atoms with Crippen LogP contribution in [0.5, 0.6) is 0 Å². The molecule has 0 saturated heterocycles. The van der Waals surface area contributed by atoms with Gasteiger partial charge in [0, 0.05) is 12.0 Å². The number of aromatic nitrogens is 1. The van der Waals surface area contributed by atoms with E-state index >= 15 is 0 Å². The molecule has 0 atom stereocenters. The standard InChI is InChI=1S/C20H17F3N2OS/c1-11-8-14(6-7-16(11)19(24)26)18-12(2)25-17(27-18)10-13-4-3-5-15(9-13)20(21,22)23/h3-9H,10H2,1-2H3,(H2,24,26). The zero-order valence-electron chi connectivity index (χ0n) is 14.7. The first-order chi connectivity index (χ1) is 12.6. The van der Waals surface area contributed by atoms with Crippen molar-refractivity contribution in [3.8, 4) is 10.4 Å². The summed E-state index contributed by atoms with van der Waals surface area (Å²) in [6.45, 7) is 3.67. The SMILES string of the molecule is Cc1cc(-c2sc(Cc3cccc(C(F)(F)F)c3)nc2C)ccc1C(N)=O. The molecular formula is C20H17F3N2OS. The second-order valence-electron chi connectivity index (χ2n) is 6.29. The maximum atomic E-state index is 12.9. The monoisotopic (exact) mass is 390 g/mol. The Labute approximate surface area is 158 Å². The molecule has 0 unspecified atom stereocenters. The molecule has 0 aliphatic rings. The predicted molar refractivity (Wildman–Crippen MR) is 99.8 cm³/mol. The highest BCUT2D eigenvalue weighted by Gasteiger charge is 2.30. The molecule has 3 nitrogen and oxygen atoms in total. The minimum atomic E-state index is -4.36. The van der Waals surface area contributed by atoms with Crippen LogP contribution in [0.1, 0.15) is 37.7 Å². The second-order valence-corrected chi connectivity index (χ2v) is 7.37. The quantitative estimate of drug-likeness (QED) is 0.671. The molecule has 0 spiro atoms. The van der Waals surface area contributed by atoms with E-state index < -0.39 is 17.6 Å². The average molecular weight is 390 g/mol. The van der Waals surface area contributed by atoms with Crippen molar-refractivity contribution in [2.75, 3.05) is 0 Å². The lowest BCUT2D eigenvalue weighted by molar-refractivity contribution is -0.137. The molecule has 3 aromatic rings. The Morgan fingerprint density at radius 2 is 1.89 bits per heavy atom. The van der Waals surface area contributed by atoms with E-state index in [0.29, 0.717) is 17.5 Å². The van der Waals surface area contributed by atoms with Crippen molar-refractivity contribution in [1.82, 2.24) is 4.98 Å². The maximum Gasteiger partial charge on any atom is 0.416 e. The van der Waals surface area contributed by atoms with Crippen molar-refractivity contribution in [2.45, 2.75) is 26.4 Å². The van der Waals surface area contributed by atoms with E-state index in [1.54, 1.807) is 12.1 Å². The number of hydrogen-bond acceptors (Lipinski definition) is 3. The summed E-state index contributed by atoms with van der Waals surface area (Å²) in [5.41, 5.74) is 8.18. The lowest BCUT2D eigenvalue weighted by Crippen LogP contribution is -2.12. The van der Waals surface area contributed by atoms with Crippen LogP contribution in [0.15, 0.2) is 42.5 Å². The van der Waals surface area contributed by atoms with E-state index in [9.17, 15) is 18.0 Å². The number of benzene rings is 2. The molecule has 1 aromatic heterocycles. The third-order valence-electron chi connectivity index (χ3n) is 4.20. The first-order valence-electron chi connectivity index (χ1n) is 8.18. The Bertz CT molecular complexity index is 1010. The number of aryl methyl sites for hydroxylation is 2. The Morgan fingerprint density at radius 3 is 2.52 bits per heavy atom. The third-order valence-corrected chi connectivity index (χ3v) is 5.41. The predicted octanol–water partition coefficient (Wildman–Crippen LogP) is 5.14.